The van der Waals surface area contributed by atoms with Crippen molar-refractivity contribution in [3.8, 4) is 5.75 Å². The summed E-state index contributed by atoms with van der Waals surface area (Å²) in [6.45, 7) is 1.46. The number of aromatic amines is 1. The monoisotopic (exact) mass is 343 g/mol. The van der Waals surface area contributed by atoms with Crippen LogP contribution in [0.4, 0.5) is 4.79 Å². The van der Waals surface area contributed by atoms with E-state index < -0.39 is 0 Å². The van der Waals surface area contributed by atoms with Crippen molar-refractivity contribution in [1.29, 1.82) is 0 Å². The molecule has 6 nitrogen and oxygen atoms in total. The van der Waals surface area contributed by atoms with Crippen LogP contribution in [0.25, 0.3) is 10.9 Å². The summed E-state index contributed by atoms with van der Waals surface area (Å²) in [4.78, 5) is 15.4. The predicted octanol–water partition coefficient (Wildman–Crippen LogP) is 2.59. The smallest absolute Gasteiger partial charge is 0.315 e. The number of ether oxygens (including phenoxy) is 2. The predicted molar refractivity (Wildman–Crippen MR) is 96.0 cm³/mol. The molecule has 25 heavy (non-hydrogen) atoms. The topological polar surface area (TPSA) is 75.4 Å². The number of benzene rings is 1. The van der Waals surface area contributed by atoms with Gasteiger partial charge in [0, 0.05) is 42.2 Å². The highest BCUT2D eigenvalue weighted by atomic mass is 16.5. The Bertz CT molecular complexity index is 757. The van der Waals surface area contributed by atoms with Crippen molar-refractivity contribution in [2.24, 2.45) is 5.92 Å². The molecule has 2 heterocycles. The Balaban J connectivity index is 1.29. The lowest BCUT2D eigenvalue weighted by atomic mass is 9.72. The molecule has 1 aliphatic carbocycles. The number of aromatic nitrogens is 1. The number of H-pyrrole nitrogens is 1. The summed E-state index contributed by atoms with van der Waals surface area (Å²) in [5, 5.41) is 7.16. The van der Waals surface area contributed by atoms with Gasteiger partial charge in [-0.3, -0.25) is 0 Å². The van der Waals surface area contributed by atoms with E-state index in [0.29, 0.717) is 18.6 Å². The number of amides is 2. The van der Waals surface area contributed by atoms with Crippen molar-refractivity contribution in [2.75, 3.05) is 20.3 Å². The van der Waals surface area contributed by atoms with Crippen LogP contribution < -0.4 is 15.4 Å². The Morgan fingerprint density at radius 2 is 2.36 bits per heavy atom. The summed E-state index contributed by atoms with van der Waals surface area (Å²) in [5.41, 5.74) is 2.20. The van der Waals surface area contributed by atoms with Crippen molar-refractivity contribution in [2.45, 2.75) is 37.8 Å². The number of rotatable bonds is 5. The molecule has 0 bridgehead atoms. The summed E-state index contributed by atoms with van der Waals surface area (Å²) in [6, 6.07) is 6.13. The van der Waals surface area contributed by atoms with Gasteiger partial charge >= 0.3 is 6.03 Å². The first-order chi connectivity index (χ1) is 12.3. The third kappa shape index (κ3) is 3.18. The van der Waals surface area contributed by atoms with Crippen LogP contribution in [-0.4, -0.2) is 43.4 Å². The minimum absolute atomic E-state index is 0.0826. The molecule has 1 saturated carbocycles. The molecule has 1 aromatic heterocycles. The first-order valence-electron chi connectivity index (χ1n) is 9.05. The Labute approximate surface area is 147 Å². The Hall–Kier alpha value is -2.21. The van der Waals surface area contributed by atoms with Crippen molar-refractivity contribution < 1.29 is 14.3 Å². The zero-order chi connectivity index (χ0) is 17.2. The fourth-order valence-electron chi connectivity index (χ4n) is 4.08. The minimum Gasteiger partial charge on any atom is -0.496 e. The van der Waals surface area contributed by atoms with Gasteiger partial charge in [0.1, 0.15) is 5.75 Å². The van der Waals surface area contributed by atoms with Crippen LogP contribution in [0.1, 0.15) is 24.8 Å². The van der Waals surface area contributed by atoms with E-state index >= 15 is 0 Å². The molecule has 0 spiro atoms. The lowest BCUT2D eigenvalue weighted by molar-refractivity contribution is -0.0999. The number of urea groups is 1. The van der Waals surface area contributed by atoms with Gasteiger partial charge in [-0.2, -0.15) is 0 Å². The molecule has 3 N–H and O–H groups in total. The molecule has 1 saturated heterocycles. The lowest BCUT2D eigenvalue weighted by Crippen LogP contribution is -2.59. The van der Waals surface area contributed by atoms with E-state index in [1.165, 1.54) is 0 Å². The molecule has 2 aromatic rings. The summed E-state index contributed by atoms with van der Waals surface area (Å²) < 4.78 is 11.1. The molecule has 134 valence electrons. The van der Waals surface area contributed by atoms with Gasteiger partial charge in [-0.05, 0) is 43.4 Å². The molecular formula is C19H25N3O3. The van der Waals surface area contributed by atoms with Gasteiger partial charge in [-0.25, -0.2) is 4.79 Å². The second kappa shape index (κ2) is 6.96. The van der Waals surface area contributed by atoms with Crippen LogP contribution in [0, 0.1) is 5.92 Å². The maximum absolute atomic E-state index is 12.1. The highest BCUT2D eigenvalue weighted by Gasteiger charge is 2.43. The van der Waals surface area contributed by atoms with Crippen LogP contribution in [0.3, 0.4) is 0 Å². The van der Waals surface area contributed by atoms with E-state index in [1.54, 1.807) is 7.11 Å². The summed E-state index contributed by atoms with van der Waals surface area (Å²) in [6.07, 6.45) is 6.31. The van der Waals surface area contributed by atoms with Gasteiger partial charge in [0.15, 0.2) is 0 Å². The Morgan fingerprint density at radius 3 is 3.20 bits per heavy atom. The molecule has 0 unspecified atom stereocenters. The second-order valence-corrected chi connectivity index (χ2v) is 6.90. The van der Waals surface area contributed by atoms with E-state index in [2.05, 4.69) is 15.6 Å². The van der Waals surface area contributed by atoms with Gasteiger partial charge in [-0.15, -0.1) is 0 Å². The van der Waals surface area contributed by atoms with Crippen molar-refractivity contribution in [1.82, 2.24) is 15.6 Å². The van der Waals surface area contributed by atoms with Gasteiger partial charge in [0.25, 0.3) is 0 Å². The van der Waals surface area contributed by atoms with E-state index in [0.717, 1.165) is 54.5 Å². The van der Waals surface area contributed by atoms with Crippen molar-refractivity contribution in [3.63, 3.8) is 0 Å². The van der Waals surface area contributed by atoms with Gasteiger partial charge < -0.3 is 25.1 Å². The average molecular weight is 343 g/mol. The van der Waals surface area contributed by atoms with Crippen LogP contribution in [0.2, 0.25) is 0 Å². The number of carbonyl (C=O) groups is 1. The number of hydrogen-bond donors (Lipinski definition) is 3. The number of fused-ring (bicyclic) bond motifs is 2. The maximum Gasteiger partial charge on any atom is 0.315 e. The van der Waals surface area contributed by atoms with E-state index in [1.807, 2.05) is 24.4 Å². The first-order valence-corrected chi connectivity index (χ1v) is 9.05. The molecule has 4 rings (SSSR count). The molecule has 2 fully saturated rings. The fraction of sp³-hybridized carbons (Fsp3) is 0.526. The van der Waals surface area contributed by atoms with Gasteiger partial charge in [0.05, 0.1) is 13.2 Å². The third-order valence-corrected chi connectivity index (χ3v) is 5.46. The molecule has 2 amide bonds. The largest absolute Gasteiger partial charge is 0.496 e. The molecule has 2 aliphatic rings. The van der Waals surface area contributed by atoms with Crippen LogP contribution in [0.5, 0.6) is 5.75 Å². The first kappa shape index (κ1) is 16.3. The maximum atomic E-state index is 12.1. The Kier molecular flexibility index (Phi) is 4.53. The normalized spacial score (nSPS) is 25.1. The lowest BCUT2D eigenvalue weighted by Gasteiger charge is -2.47. The summed E-state index contributed by atoms with van der Waals surface area (Å²) in [7, 11) is 1.68. The highest BCUT2D eigenvalue weighted by molar-refractivity contribution is 5.89. The number of hydrogen-bond acceptors (Lipinski definition) is 3. The number of nitrogens with one attached hydrogen (secondary N) is 3. The van der Waals surface area contributed by atoms with Gasteiger partial charge in [-0.1, -0.05) is 6.07 Å². The standard InChI is InChI=1S/C19H25N3O3/c1-24-16-6-2-5-14-18(16)12(11-21-14)7-8-20-19(23)22-15-10-17-13(15)4-3-9-25-17/h2,5-6,11,13,15,17,21H,3-4,7-10H2,1H3,(H2,20,22,23)/t13-,15-,17-/m1/s1. The SMILES string of the molecule is COc1cccc2[nH]cc(CCNC(=O)N[C@@H]3C[C@H]4OCCC[C@H]34)c12. The molecule has 1 aliphatic heterocycles. The van der Waals surface area contributed by atoms with Crippen molar-refractivity contribution >= 4 is 16.9 Å². The van der Waals surface area contributed by atoms with Crippen LogP contribution in [-0.2, 0) is 11.2 Å². The average Bonchev–Trinajstić information content (AvgIpc) is 3.03. The third-order valence-electron chi connectivity index (χ3n) is 5.46. The highest BCUT2D eigenvalue weighted by Crippen LogP contribution is 2.37. The zero-order valence-corrected chi connectivity index (χ0v) is 14.5. The van der Waals surface area contributed by atoms with E-state index in [9.17, 15) is 4.79 Å². The second-order valence-electron chi connectivity index (χ2n) is 6.90. The quantitative estimate of drug-likeness (QED) is 0.781. The summed E-state index contributed by atoms with van der Waals surface area (Å²) >= 11 is 0. The number of carbonyl (C=O) groups excluding carboxylic acids is 1. The van der Waals surface area contributed by atoms with Crippen LogP contribution in [0.15, 0.2) is 24.4 Å². The number of methoxy groups -OCH3 is 1. The molecule has 0 radical (unpaired) electrons. The molecular weight excluding hydrogens is 318 g/mol. The molecule has 6 heteroatoms. The fourth-order valence-corrected chi connectivity index (χ4v) is 4.08. The molecule has 3 atom stereocenters. The molecule has 1 aromatic carbocycles. The van der Waals surface area contributed by atoms with Crippen LogP contribution >= 0.6 is 0 Å². The van der Waals surface area contributed by atoms with E-state index in [4.69, 9.17) is 9.47 Å². The zero-order valence-electron chi connectivity index (χ0n) is 14.5. The van der Waals surface area contributed by atoms with Gasteiger partial charge in [0.2, 0.25) is 0 Å². The van der Waals surface area contributed by atoms with E-state index in [-0.39, 0.29) is 12.1 Å². The summed E-state index contributed by atoms with van der Waals surface area (Å²) in [5.74, 6) is 1.35. The Morgan fingerprint density at radius 1 is 1.44 bits per heavy atom. The van der Waals surface area contributed by atoms with Crippen molar-refractivity contribution in [3.05, 3.63) is 30.0 Å². The minimum atomic E-state index is -0.0826.